The van der Waals surface area contributed by atoms with Crippen LogP contribution in [-0.2, 0) is 6.42 Å². The largest absolute Gasteiger partial charge is 0.392 e. The standard InChI is InChI=1S/C13H18ClNO/c14-11-4-1-10(2-5-11)3-8-13(16)9-15-12-6-7-12/h1-2,4-5,12-13,15-16H,3,6-9H2. The molecule has 0 amide bonds. The molecule has 1 unspecified atom stereocenters. The monoisotopic (exact) mass is 239 g/mol. The Morgan fingerprint density at radius 3 is 2.62 bits per heavy atom. The van der Waals surface area contributed by atoms with Crippen molar-refractivity contribution >= 4 is 11.6 Å². The minimum atomic E-state index is -0.240. The highest BCUT2D eigenvalue weighted by Gasteiger charge is 2.21. The van der Waals surface area contributed by atoms with Crippen LogP contribution in [0.4, 0.5) is 0 Å². The number of nitrogens with one attached hydrogen (secondary N) is 1. The van der Waals surface area contributed by atoms with E-state index in [1.54, 1.807) is 0 Å². The highest BCUT2D eigenvalue weighted by molar-refractivity contribution is 6.30. The summed E-state index contributed by atoms with van der Waals surface area (Å²) in [6, 6.07) is 8.50. The SMILES string of the molecule is OC(CCc1ccc(Cl)cc1)CNC1CC1. The van der Waals surface area contributed by atoms with Gasteiger partial charge < -0.3 is 10.4 Å². The minimum Gasteiger partial charge on any atom is -0.392 e. The van der Waals surface area contributed by atoms with Crippen molar-refractivity contribution in [2.75, 3.05) is 6.54 Å². The van der Waals surface area contributed by atoms with E-state index >= 15 is 0 Å². The van der Waals surface area contributed by atoms with Crippen LogP contribution in [0.15, 0.2) is 24.3 Å². The second-order valence-corrected chi connectivity index (χ2v) is 4.94. The second-order valence-electron chi connectivity index (χ2n) is 4.50. The maximum absolute atomic E-state index is 9.75. The molecule has 2 N–H and O–H groups in total. The Kier molecular flexibility index (Phi) is 4.22. The van der Waals surface area contributed by atoms with Gasteiger partial charge in [0.1, 0.15) is 0 Å². The molecule has 0 aliphatic heterocycles. The molecule has 16 heavy (non-hydrogen) atoms. The highest BCUT2D eigenvalue weighted by atomic mass is 35.5. The zero-order valence-corrected chi connectivity index (χ0v) is 10.1. The van der Waals surface area contributed by atoms with Gasteiger partial charge in [0.25, 0.3) is 0 Å². The topological polar surface area (TPSA) is 32.3 Å². The van der Waals surface area contributed by atoms with Gasteiger partial charge in [-0.25, -0.2) is 0 Å². The summed E-state index contributed by atoms with van der Waals surface area (Å²) < 4.78 is 0. The molecule has 0 saturated heterocycles. The van der Waals surface area contributed by atoms with Crippen LogP contribution in [0.5, 0.6) is 0 Å². The van der Waals surface area contributed by atoms with E-state index in [1.165, 1.54) is 18.4 Å². The summed E-state index contributed by atoms with van der Waals surface area (Å²) in [5, 5.41) is 13.8. The van der Waals surface area contributed by atoms with Gasteiger partial charge in [-0.1, -0.05) is 23.7 Å². The number of aryl methyl sites for hydroxylation is 1. The maximum Gasteiger partial charge on any atom is 0.0667 e. The van der Waals surface area contributed by atoms with Gasteiger partial charge in [0.15, 0.2) is 0 Å². The van der Waals surface area contributed by atoms with Crippen LogP contribution < -0.4 is 5.32 Å². The van der Waals surface area contributed by atoms with E-state index in [9.17, 15) is 5.11 Å². The summed E-state index contributed by atoms with van der Waals surface area (Å²) in [5.74, 6) is 0. The third-order valence-electron chi connectivity index (χ3n) is 2.90. The molecule has 1 atom stereocenters. The van der Waals surface area contributed by atoms with Crippen molar-refractivity contribution in [2.24, 2.45) is 0 Å². The Labute approximate surface area is 102 Å². The maximum atomic E-state index is 9.75. The predicted octanol–water partition coefficient (Wildman–Crippen LogP) is 2.39. The van der Waals surface area contributed by atoms with E-state index in [-0.39, 0.29) is 6.10 Å². The quantitative estimate of drug-likeness (QED) is 0.799. The number of halogens is 1. The van der Waals surface area contributed by atoms with Gasteiger partial charge in [-0.05, 0) is 43.4 Å². The number of hydrogen-bond donors (Lipinski definition) is 2. The molecule has 1 aromatic rings. The zero-order chi connectivity index (χ0) is 11.4. The molecule has 2 nitrogen and oxygen atoms in total. The molecule has 0 spiro atoms. The zero-order valence-electron chi connectivity index (χ0n) is 9.32. The van der Waals surface area contributed by atoms with Gasteiger partial charge in [0.2, 0.25) is 0 Å². The Balaban J connectivity index is 1.67. The summed E-state index contributed by atoms with van der Waals surface area (Å²) in [4.78, 5) is 0. The Morgan fingerprint density at radius 2 is 2.00 bits per heavy atom. The minimum absolute atomic E-state index is 0.240. The van der Waals surface area contributed by atoms with Crippen molar-refractivity contribution in [3.05, 3.63) is 34.9 Å². The van der Waals surface area contributed by atoms with Gasteiger partial charge in [-0.15, -0.1) is 0 Å². The second kappa shape index (κ2) is 5.67. The summed E-state index contributed by atoms with van der Waals surface area (Å²) >= 11 is 5.81. The third kappa shape index (κ3) is 4.12. The van der Waals surface area contributed by atoms with Crippen molar-refractivity contribution in [3.8, 4) is 0 Å². The molecular formula is C13H18ClNO. The lowest BCUT2D eigenvalue weighted by atomic mass is 10.1. The fourth-order valence-corrected chi connectivity index (χ4v) is 1.80. The molecule has 1 saturated carbocycles. The molecular weight excluding hydrogens is 222 g/mol. The smallest absolute Gasteiger partial charge is 0.0667 e. The molecule has 1 aliphatic carbocycles. The Hall–Kier alpha value is -0.570. The molecule has 3 heteroatoms. The first-order valence-electron chi connectivity index (χ1n) is 5.90. The van der Waals surface area contributed by atoms with Gasteiger partial charge >= 0.3 is 0 Å². The summed E-state index contributed by atoms with van der Waals surface area (Å²) in [5.41, 5.74) is 1.23. The van der Waals surface area contributed by atoms with E-state index in [0.29, 0.717) is 6.04 Å². The first-order valence-corrected chi connectivity index (χ1v) is 6.28. The van der Waals surface area contributed by atoms with Gasteiger partial charge in [0, 0.05) is 17.6 Å². The lowest BCUT2D eigenvalue weighted by molar-refractivity contribution is 0.161. The van der Waals surface area contributed by atoms with Gasteiger partial charge in [-0.3, -0.25) is 0 Å². The van der Waals surface area contributed by atoms with Crippen molar-refractivity contribution in [1.82, 2.24) is 5.32 Å². The van der Waals surface area contributed by atoms with Crippen LogP contribution in [0, 0.1) is 0 Å². The lowest BCUT2D eigenvalue weighted by Crippen LogP contribution is -2.28. The van der Waals surface area contributed by atoms with Crippen LogP contribution in [0.25, 0.3) is 0 Å². The molecule has 0 radical (unpaired) electrons. The molecule has 0 aromatic heterocycles. The van der Waals surface area contributed by atoms with E-state index < -0.39 is 0 Å². The fraction of sp³-hybridized carbons (Fsp3) is 0.538. The Bertz CT molecular complexity index is 321. The number of hydrogen-bond acceptors (Lipinski definition) is 2. The van der Waals surface area contributed by atoms with Gasteiger partial charge in [-0.2, -0.15) is 0 Å². The van der Waals surface area contributed by atoms with Crippen molar-refractivity contribution < 1.29 is 5.11 Å². The normalized spacial score (nSPS) is 17.4. The van der Waals surface area contributed by atoms with E-state index in [2.05, 4.69) is 5.32 Å². The third-order valence-corrected chi connectivity index (χ3v) is 3.15. The fourth-order valence-electron chi connectivity index (χ4n) is 1.68. The predicted molar refractivity (Wildman–Crippen MR) is 66.8 cm³/mol. The van der Waals surface area contributed by atoms with Crippen LogP contribution in [0.3, 0.4) is 0 Å². The van der Waals surface area contributed by atoms with Crippen LogP contribution >= 0.6 is 11.6 Å². The molecule has 1 fully saturated rings. The Morgan fingerprint density at radius 1 is 1.31 bits per heavy atom. The first kappa shape index (κ1) is 11.9. The average molecular weight is 240 g/mol. The first-order chi connectivity index (χ1) is 7.74. The van der Waals surface area contributed by atoms with E-state index in [1.807, 2.05) is 24.3 Å². The summed E-state index contributed by atoms with van der Waals surface area (Å²) in [7, 11) is 0. The van der Waals surface area contributed by atoms with Gasteiger partial charge in [0.05, 0.1) is 6.10 Å². The molecule has 2 rings (SSSR count). The number of benzene rings is 1. The van der Waals surface area contributed by atoms with E-state index in [0.717, 1.165) is 24.4 Å². The van der Waals surface area contributed by atoms with E-state index in [4.69, 9.17) is 11.6 Å². The van der Waals surface area contributed by atoms with Crippen molar-refractivity contribution in [1.29, 1.82) is 0 Å². The highest BCUT2D eigenvalue weighted by Crippen LogP contribution is 2.18. The number of aliphatic hydroxyl groups excluding tert-OH is 1. The van der Waals surface area contributed by atoms with Crippen LogP contribution in [0.1, 0.15) is 24.8 Å². The lowest BCUT2D eigenvalue weighted by Gasteiger charge is -2.11. The number of aliphatic hydroxyl groups is 1. The van der Waals surface area contributed by atoms with Crippen LogP contribution in [-0.4, -0.2) is 23.8 Å². The summed E-state index contributed by atoms with van der Waals surface area (Å²) in [6.45, 7) is 0.720. The number of rotatable bonds is 6. The van der Waals surface area contributed by atoms with Crippen molar-refractivity contribution in [3.63, 3.8) is 0 Å². The molecule has 1 aromatic carbocycles. The van der Waals surface area contributed by atoms with Crippen LogP contribution in [0.2, 0.25) is 5.02 Å². The molecule has 0 heterocycles. The summed E-state index contributed by atoms with van der Waals surface area (Å²) in [6.07, 6.45) is 4.01. The molecule has 1 aliphatic rings. The average Bonchev–Trinajstić information content (AvgIpc) is 3.09. The molecule has 0 bridgehead atoms. The van der Waals surface area contributed by atoms with Crippen molar-refractivity contribution in [2.45, 2.75) is 37.8 Å². The molecule has 88 valence electrons.